The Bertz CT molecular complexity index is 1510. The van der Waals surface area contributed by atoms with Crippen molar-refractivity contribution in [3.05, 3.63) is 77.7 Å². The molecule has 0 spiro atoms. The number of piperazine rings is 1. The number of hydrogen-bond donors (Lipinski definition) is 2. The minimum atomic E-state index is -1.03. The molecular formula is C34H44FN7O4. The molecular weight excluding hydrogens is 589 g/mol. The predicted molar refractivity (Wildman–Crippen MR) is 175 cm³/mol. The number of aryl methyl sites for hydroxylation is 1. The van der Waals surface area contributed by atoms with Crippen LogP contribution in [0.5, 0.6) is 0 Å². The minimum Gasteiger partial charge on any atom is -0.344 e. The minimum absolute atomic E-state index is 0.0689. The van der Waals surface area contributed by atoms with E-state index in [4.69, 9.17) is 0 Å². The zero-order valence-corrected chi connectivity index (χ0v) is 27.1. The van der Waals surface area contributed by atoms with E-state index in [0.717, 1.165) is 18.7 Å². The van der Waals surface area contributed by atoms with Crippen molar-refractivity contribution < 1.29 is 23.6 Å². The summed E-state index contributed by atoms with van der Waals surface area (Å²) in [5, 5.41) is 9.79. The van der Waals surface area contributed by atoms with Crippen molar-refractivity contribution in [2.45, 2.75) is 64.6 Å². The van der Waals surface area contributed by atoms with Crippen LogP contribution in [0, 0.1) is 5.82 Å². The smallest absolute Gasteiger partial charge is 0.248 e. The molecule has 2 N–H and O–H groups in total. The fraction of sp³-hybridized carbons (Fsp3) is 0.441. The summed E-state index contributed by atoms with van der Waals surface area (Å²) in [6, 6.07) is 13.4. The molecule has 246 valence electrons. The van der Waals surface area contributed by atoms with Gasteiger partial charge in [-0.05, 0) is 37.2 Å². The number of nitrogens with zero attached hydrogens (tertiary/aromatic N) is 5. The topological polar surface area (TPSA) is 120 Å². The van der Waals surface area contributed by atoms with Crippen LogP contribution in [0.4, 0.5) is 15.9 Å². The number of anilines is 2. The highest BCUT2D eigenvalue weighted by Crippen LogP contribution is 2.30. The second-order valence-electron chi connectivity index (χ2n) is 11.7. The Kier molecular flexibility index (Phi) is 11.6. The van der Waals surface area contributed by atoms with Gasteiger partial charge >= 0.3 is 0 Å². The van der Waals surface area contributed by atoms with Crippen molar-refractivity contribution in [3.63, 3.8) is 0 Å². The summed E-state index contributed by atoms with van der Waals surface area (Å²) in [6.07, 6.45) is 2.36. The van der Waals surface area contributed by atoms with E-state index in [9.17, 15) is 19.2 Å². The lowest BCUT2D eigenvalue weighted by atomic mass is 9.90. The Balaban J connectivity index is 1.61. The van der Waals surface area contributed by atoms with Crippen LogP contribution in [0.1, 0.15) is 57.1 Å². The summed E-state index contributed by atoms with van der Waals surface area (Å²) in [6.45, 7) is 10.2. The molecule has 0 aliphatic carbocycles. The van der Waals surface area contributed by atoms with Gasteiger partial charge in [-0.2, -0.15) is 5.10 Å². The summed E-state index contributed by atoms with van der Waals surface area (Å²) in [4.78, 5) is 57.6. The second-order valence-corrected chi connectivity index (χ2v) is 11.7. The fourth-order valence-corrected chi connectivity index (χ4v) is 5.80. The van der Waals surface area contributed by atoms with Crippen molar-refractivity contribution in [3.8, 4) is 0 Å². The monoisotopic (exact) mass is 633 g/mol. The number of likely N-dealkylation sites (N-methyl/N-ethyl adjacent to an activating group) is 1. The first-order chi connectivity index (χ1) is 22.1. The third-order valence-corrected chi connectivity index (χ3v) is 8.73. The lowest BCUT2D eigenvalue weighted by molar-refractivity contribution is -0.138. The second kappa shape index (κ2) is 15.6. The van der Waals surface area contributed by atoms with E-state index < -0.39 is 35.6 Å². The van der Waals surface area contributed by atoms with Crippen molar-refractivity contribution in [1.29, 1.82) is 0 Å². The summed E-state index contributed by atoms with van der Waals surface area (Å²) < 4.78 is 17.3. The van der Waals surface area contributed by atoms with Gasteiger partial charge < -0.3 is 20.4 Å². The maximum absolute atomic E-state index is 15.7. The zero-order chi connectivity index (χ0) is 33.4. The van der Waals surface area contributed by atoms with Crippen LogP contribution >= 0.6 is 0 Å². The van der Waals surface area contributed by atoms with Gasteiger partial charge in [0.2, 0.25) is 24.1 Å². The summed E-state index contributed by atoms with van der Waals surface area (Å²) in [5.74, 6) is -2.33. The number of nitrogens with one attached hydrogen (secondary N) is 2. The van der Waals surface area contributed by atoms with Gasteiger partial charge in [-0.15, -0.1) is 0 Å². The first kappa shape index (κ1) is 34.3. The molecule has 2 aromatic carbocycles. The molecule has 4 rings (SSSR count). The maximum Gasteiger partial charge on any atom is 0.248 e. The van der Waals surface area contributed by atoms with E-state index in [1.165, 1.54) is 17.0 Å². The Hall–Kier alpha value is -4.58. The Morgan fingerprint density at radius 3 is 2.28 bits per heavy atom. The Morgan fingerprint density at radius 1 is 0.978 bits per heavy atom. The summed E-state index contributed by atoms with van der Waals surface area (Å²) >= 11 is 0. The van der Waals surface area contributed by atoms with Crippen molar-refractivity contribution >= 4 is 35.6 Å². The summed E-state index contributed by atoms with van der Waals surface area (Å²) in [7, 11) is 1.99. The SMILES string of the molecule is CCC(=O)N[C@@H](C(=O)N1CCN(C)CC1)[C@@H](C)c1ccc(NC(=O)[C@H]([C@H](C)c2ccccc2)N(C=O)c2ccnn2CC)c(F)c1. The fourth-order valence-electron chi connectivity index (χ4n) is 5.80. The third-order valence-electron chi connectivity index (χ3n) is 8.73. The van der Waals surface area contributed by atoms with Gasteiger partial charge in [0.25, 0.3) is 0 Å². The number of carbonyl (C=O) groups is 4. The number of hydrogen-bond acceptors (Lipinski definition) is 6. The molecule has 2 heterocycles. The van der Waals surface area contributed by atoms with Gasteiger partial charge in [0, 0.05) is 57.0 Å². The molecule has 0 saturated carbocycles. The summed E-state index contributed by atoms with van der Waals surface area (Å²) in [5.41, 5.74) is 1.25. The molecule has 1 fully saturated rings. The lowest BCUT2D eigenvalue weighted by Crippen LogP contribution is -2.55. The van der Waals surface area contributed by atoms with Crippen LogP contribution in [0.25, 0.3) is 0 Å². The van der Waals surface area contributed by atoms with Crippen LogP contribution in [0.3, 0.4) is 0 Å². The molecule has 1 aromatic heterocycles. The van der Waals surface area contributed by atoms with Gasteiger partial charge in [0.1, 0.15) is 23.7 Å². The molecule has 0 unspecified atom stereocenters. The predicted octanol–water partition coefficient (Wildman–Crippen LogP) is 3.59. The van der Waals surface area contributed by atoms with Crippen molar-refractivity contribution in [2.24, 2.45) is 0 Å². The van der Waals surface area contributed by atoms with E-state index in [1.807, 2.05) is 51.2 Å². The molecule has 1 saturated heterocycles. The first-order valence-corrected chi connectivity index (χ1v) is 15.8. The van der Waals surface area contributed by atoms with Crippen LogP contribution in [0.15, 0.2) is 60.8 Å². The van der Waals surface area contributed by atoms with Crippen LogP contribution in [-0.2, 0) is 25.7 Å². The number of benzene rings is 2. The van der Waals surface area contributed by atoms with Crippen molar-refractivity contribution in [2.75, 3.05) is 43.4 Å². The number of aromatic nitrogens is 2. The highest BCUT2D eigenvalue weighted by atomic mass is 19.1. The Morgan fingerprint density at radius 2 is 1.67 bits per heavy atom. The van der Waals surface area contributed by atoms with Crippen LogP contribution in [0.2, 0.25) is 0 Å². The molecule has 1 aliphatic heterocycles. The number of carbonyl (C=O) groups excluding carboxylic acids is 4. The maximum atomic E-state index is 15.7. The van der Waals surface area contributed by atoms with Gasteiger partial charge in [-0.25, -0.2) is 9.07 Å². The molecule has 3 aromatic rings. The molecule has 46 heavy (non-hydrogen) atoms. The molecule has 4 atom stereocenters. The highest BCUT2D eigenvalue weighted by molar-refractivity contribution is 6.01. The van der Waals surface area contributed by atoms with Gasteiger partial charge in [-0.3, -0.25) is 24.1 Å². The first-order valence-electron chi connectivity index (χ1n) is 15.8. The van der Waals surface area contributed by atoms with Crippen LogP contribution < -0.4 is 15.5 Å². The largest absolute Gasteiger partial charge is 0.344 e. The number of rotatable bonds is 13. The van der Waals surface area contributed by atoms with E-state index in [-0.39, 0.29) is 23.9 Å². The normalized spacial score (nSPS) is 16.2. The lowest BCUT2D eigenvalue weighted by Gasteiger charge is -2.36. The van der Waals surface area contributed by atoms with Gasteiger partial charge in [0.05, 0.1) is 11.9 Å². The zero-order valence-electron chi connectivity index (χ0n) is 27.1. The third kappa shape index (κ3) is 7.79. The van der Waals surface area contributed by atoms with E-state index in [0.29, 0.717) is 37.4 Å². The Labute approximate surface area is 269 Å². The molecule has 11 nitrogen and oxygen atoms in total. The van der Waals surface area contributed by atoms with Crippen molar-refractivity contribution in [1.82, 2.24) is 24.9 Å². The average molecular weight is 634 g/mol. The van der Waals surface area contributed by atoms with Gasteiger partial charge in [0.15, 0.2) is 0 Å². The standard InChI is InChI=1S/C34H44FN7O4/c1-6-29(44)38-31(34(46)40-19-17-39(5)18-20-40)23(3)26-13-14-28(27(35)21-26)37-33(45)32(24(4)25-11-9-8-10-12-25)41(22-43)30-15-16-36-42(30)7-2/h8-16,21-24,31-32H,6-7,17-20H2,1-5H3,(H,37,45)(H,38,44)/t23-,24+,31+,32-/m0/s1. The molecule has 0 bridgehead atoms. The molecule has 0 radical (unpaired) electrons. The molecule has 1 aliphatic rings. The van der Waals surface area contributed by atoms with Gasteiger partial charge in [-0.1, -0.05) is 57.2 Å². The van der Waals surface area contributed by atoms with E-state index in [1.54, 1.807) is 41.8 Å². The highest BCUT2D eigenvalue weighted by Gasteiger charge is 2.36. The van der Waals surface area contributed by atoms with E-state index in [2.05, 4.69) is 20.6 Å². The quantitative estimate of drug-likeness (QED) is 0.278. The van der Waals surface area contributed by atoms with E-state index >= 15 is 4.39 Å². The van der Waals surface area contributed by atoms with Crippen LogP contribution in [-0.4, -0.2) is 89.0 Å². The number of amides is 4. The number of halogens is 1. The average Bonchev–Trinajstić information content (AvgIpc) is 3.55. The molecule has 12 heteroatoms. The molecule has 4 amide bonds.